The van der Waals surface area contributed by atoms with Crippen LogP contribution in [0, 0.1) is 0 Å². The Morgan fingerprint density at radius 1 is 1.54 bits per heavy atom. The number of amides is 1. The van der Waals surface area contributed by atoms with E-state index in [0.29, 0.717) is 10.2 Å². The lowest BCUT2D eigenvalue weighted by Gasteiger charge is -1.98. The Kier molecular flexibility index (Phi) is 1.63. The number of hydrogen-bond acceptors (Lipinski definition) is 5. The van der Waals surface area contributed by atoms with Gasteiger partial charge in [-0.2, -0.15) is 0 Å². The van der Waals surface area contributed by atoms with Crippen molar-refractivity contribution >= 4 is 27.5 Å². The fourth-order valence-corrected chi connectivity index (χ4v) is 1.70. The highest BCUT2D eigenvalue weighted by atomic mass is 32.1. The minimum absolute atomic E-state index is 0.114. The van der Waals surface area contributed by atoms with Crippen LogP contribution < -0.4 is 5.73 Å². The van der Waals surface area contributed by atoms with Gasteiger partial charge in [0.25, 0.3) is 5.91 Å². The number of hydrogen-bond donors (Lipinski definition) is 2. The van der Waals surface area contributed by atoms with Gasteiger partial charge in [-0.1, -0.05) is 0 Å². The van der Waals surface area contributed by atoms with E-state index in [-0.39, 0.29) is 11.4 Å². The van der Waals surface area contributed by atoms with Crippen LogP contribution in [0.3, 0.4) is 0 Å². The number of aromatic nitrogens is 2. The summed E-state index contributed by atoms with van der Waals surface area (Å²) >= 11 is 1.24. The van der Waals surface area contributed by atoms with Crippen molar-refractivity contribution in [3.05, 3.63) is 17.4 Å². The molecule has 0 fully saturated rings. The molecule has 0 saturated carbocycles. The summed E-state index contributed by atoms with van der Waals surface area (Å²) in [6.45, 7) is 0. The minimum Gasteiger partial charge on any atom is -0.504 e. The summed E-state index contributed by atoms with van der Waals surface area (Å²) in [5.74, 6) is -0.930. The molecule has 2 aromatic heterocycles. The van der Waals surface area contributed by atoms with E-state index in [2.05, 4.69) is 9.97 Å². The van der Waals surface area contributed by atoms with Crippen molar-refractivity contribution in [2.24, 2.45) is 5.73 Å². The van der Waals surface area contributed by atoms with Gasteiger partial charge in [0, 0.05) is 0 Å². The molecule has 0 unspecified atom stereocenters. The molecular weight excluding hydrogens is 190 g/mol. The highest BCUT2D eigenvalue weighted by molar-refractivity contribution is 7.17. The third-order valence-corrected chi connectivity index (χ3v) is 2.43. The van der Waals surface area contributed by atoms with Crippen molar-refractivity contribution in [3.8, 4) is 5.75 Å². The summed E-state index contributed by atoms with van der Waals surface area (Å²) in [6, 6.07) is 0. The zero-order chi connectivity index (χ0) is 9.42. The van der Waals surface area contributed by atoms with Gasteiger partial charge in [0.05, 0.1) is 11.7 Å². The number of aromatic hydroxyl groups is 1. The first-order valence-electron chi connectivity index (χ1n) is 3.41. The van der Waals surface area contributed by atoms with E-state index in [0.717, 1.165) is 0 Å². The lowest BCUT2D eigenvalue weighted by atomic mass is 10.3. The number of carbonyl (C=O) groups is 1. The molecule has 0 aliphatic rings. The van der Waals surface area contributed by atoms with Crippen LogP contribution in [0.15, 0.2) is 11.7 Å². The molecule has 0 aromatic carbocycles. The number of nitrogens with two attached hydrogens (primary N) is 1. The molecule has 2 rings (SSSR count). The Hall–Kier alpha value is -1.69. The highest BCUT2D eigenvalue weighted by Crippen LogP contribution is 2.29. The van der Waals surface area contributed by atoms with Gasteiger partial charge >= 0.3 is 0 Å². The predicted octanol–water partition coefficient (Wildman–Crippen LogP) is 0.496. The van der Waals surface area contributed by atoms with Gasteiger partial charge in [-0.15, -0.1) is 11.3 Å². The summed E-state index contributed by atoms with van der Waals surface area (Å²) < 4.78 is 0.531. The second-order valence-electron chi connectivity index (χ2n) is 2.39. The number of nitrogens with zero attached hydrogens (tertiary/aromatic N) is 2. The van der Waals surface area contributed by atoms with Crippen LogP contribution in [0.4, 0.5) is 0 Å². The molecule has 2 aromatic rings. The monoisotopic (exact) mass is 195 g/mol. The quantitative estimate of drug-likeness (QED) is 0.693. The zero-order valence-corrected chi connectivity index (χ0v) is 7.21. The average Bonchev–Trinajstić information content (AvgIpc) is 2.52. The first-order chi connectivity index (χ1) is 6.20. The van der Waals surface area contributed by atoms with Crippen LogP contribution in [-0.4, -0.2) is 21.0 Å². The van der Waals surface area contributed by atoms with E-state index in [9.17, 15) is 9.90 Å². The molecule has 1 amide bonds. The number of pyridine rings is 1. The Bertz CT molecular complexity index is 480. The fraction of sp³-hybridized carbons (Fsp3) is 0. The van der Waals surface area contributed by atoms with Crippen LogP contribution in [0.25, 0.3) is 10.2 Å². The van der Waals surface area contributed by atoms with E-state index < -0.39 is 5.91 Å². The number of carbonyl (C=O) groups excluding carboxylic acids is 1. The van der Waals surface area contributed by atoms with E-state index in [1.165, 1.54) is 17.5 Å². The molecule has 0 radical (unpaired) electrons. The normalized spacial score (nSPS) is 10.5. The molecule has 0 spiro atoms. The van der Waals surface area contributed by atoms with Crippen LogP contribution in [0.2, 0.25) is 0 Å². The second-order valence-corrected chi connectivity index (χ2v) is 3.24. The highest BCUT2D eigenvalue weighted by Gasteiger charge is 2.13. The smallest absolute Gasteiger partial charge is 0.271 e. The number of fused-ring (bicyclic) bond motifs is 1. The molecule has 2 heterocycles. The molecule has 0 bridgehead atoms. The van der Waals surface area contributed by atoms with Crippen molar-refractivity contribution < 1.29 is 9.90 Å². The maximum Gasteiger partial charge on any atom is 0.271 e. The first kappa shape index (κ1) is 7.93. The van der Waals surface area contributed by atoms with Crippen molar-refractivity contribution in [1.82, 2.24) is 9.97 Å². The molecule has 66 valence electrons. The lowest BCUT2D eigenvalue weighted by Crippen LogP contribution is -2.12. The van der Waals surface area contributed by atoms with Gasteiger partial charge in [0.1, 0.15) is 10.2 Å². The van der Waals surface area contributed by atoms with Crippen LogP contribution in [0.5, 0.6) is 5.75 Å². The van der Waals surface area contributed by atoms with Crippen LogP contribution in [-0.2, 0) is 0 Å². The SMILES string of the molecule is NC(=O)c1ncc2ncsc2c1O. The van der Waals surface area contributed by atoms with E-state index in [1.807, 2.05) is 0 Å². The minimum atomic E-state index is -0.743. The largest absolute Gasteiger partial charge is 0.504 e. The predicted molar refractivity (Wildman–Crippen MR) is 47.6 cm³/mol. The standard InChI is InChI=1S/C7H5N3O2S/c8-7(12)4-5(11)6-3(1-9-4)10-2-13-6/h1-2,11H,(H2,8,12). The molecule has 5 nitrogen and oxygen atoms in total. The summed E-state index contributed by atoms with van der Waals surface area (Å²) in [7, 11) is 0. The first-order valence-corrected chi connectivity index (χ1v) is 4.29. The Labute approximate surface area is 76.9 Å². The van der Waals surface area contributed by atoms with Crippen molar-refractivity contribution in [2.45, 2.75) is 0 Å². The van der Waals surface area contributed by atoms with Crippen molar-refractivity contribution in [2.75, 3.05) is 0 Å². The number of thiazole rings is 1. The number of rotatable bonds is 1. The summed E-state index contributed by atoms with van der Waals surface area (Å²) in [5, 5.41) is 9.52. The third-order valence-electron chi connectivity index (χ3n) is 1.58. The fourth-order valence-electron chi connectivity index (χ4n) is 0.999. The van der Waals surface area contributed by atoms with E-state index in [1.54, 1.807) is 5.51 Å². The molecule has 3 N–H and O–H groups in total. The van der Waals surface area contributed by atoms with Crippen LogP contribution >= 0.6 is 11.3 Å². The van der Waals surface area contributed by atoms with Gasteiger partial charge in [0.2, 0.25) is 0 Å². The van der Waals surface area contributed by atoms with Crippen molar-refractivity contribution in [1.29, 1.82) is 0 Å². The molecule has 0 aliphatic carbocycles. The van der Waals surface area contributed by atoms with E-state index >= 15 is 0 Å². The molecule has 0 atom stereocenters. The molecule has 6 heteroatoms. The summed E-state index contributed by atoms with van der Waals surface area (Å²) in [4.78, 5) is 18.4. The molecule has 0 aliphatic heterocycles. The van der Waals surface area contributed by atoms with Gasteiger partial charge in [-0.25, -0.2) is 9.97 Å². The second kappa shape index (κ2) is 2.67. The Balaban J connectivity index is 2.80. The average molecular weight is 195 g/mol. The van der Waals surface area contributed by atoms with Gasteiger partial charge in [-0.05, 0) is 0 Å². The maximum absolute atomic E-state index is 10.8. The molecular formula is C7H5N3O2S. The van der Waals surface area contributed by atoms with Gasteiger partial charge in [0.15, 0.2) is 11.4 Å². The zero-order valence-electron chi connectivity index (χ0n) is 6.39. The lowest BCUT2D eigenvalue weighted by molar-refractivity contribution is 0.0993. The maximum atomic E-state index is 10.8. The summed E-state index contributed by atoms with van der Waals surface area (Å²) in [5.41, 5.74) is 7.01. The topological polar surface area (TPSA) is 89.1 Å². The summed E-state index contributed by atoms with van der Waals surface area (Å²) in [6.07, 6.45) is 1.41. The molecule has 13 heavy (non-hydrogen) atoms. The Morgan fingerprint density at radius 3 is 3.00 bits per heavy atom. The van der Waals surface area contributed by atoms with Crippen molar-refractivity contribution in [3.63, 3.8) is 0 Å². The molecule has 0 saturated heterocycles. The van der Waals surface area contributed by atoms with Gasteiger partial charge < -0.3 is 10.8 Å². The Morgan fingerprint density at radius 2 is 2.31 bits per heavy atom. The third kappa shape index (κ3) is 1.11. The number of primary amides is 1. The van der Waals surface area contributed by atoms with Crippen LogP contribution in [0.1, 0.15) is 10.5 Å². The van der Waals surface area contributed by atoms with Gasteiger partial charge in [-0.3, -0.25) is 4.79 Å². The van der Waals surface area contributed by atoms with E-state index in [4.69, 9.17) is 5.73 Å².